The lowest BCUT2D eigenvalue weighted by molar-refractivity contribution is -0.129. The van der Waals surface area contributed by atoms with Gasteiger partial charge in [0.05, 0.1) is 0 Å². The highest BCUT2D eigenvalue weighted by atomic mass is 35.5. The smallest absolute Gasteiger partial charge is 0.407 e. The first-order valence-electron chi connectivity index (χ1n) is 9.10. The Balaban J connectivity index is 4.91. The summed E-state index contributed by atoms with van der Waals surface area (Å²) in [7, 11) is 1.48. The van der Waals surface area contributed by atoms with Crippen molar-refractivity contribution in [3.8, 4) is 0 Å². The number of amides is 3. The van der Waals surface area contributed by atoms with E-state index in [1.807, 2.05) is 20.8 Å². The second-order valence-electron chi connectivity index (χ2n) is 7.26. The first-order valence-corrected chi connectivity index (χ1v) is 9.48. The van der Waals surface area contributed by atoms with E-state index in [0.717, 1.165) is 0 Å². The molecule has 28 heavy (non-hydrogen) atoms. The number of carbonyl (C=O) groups excluding carboxylic acids is 3. The predicted octanol–water partition coefficient (Wildman–Crippen LogP) is 3.37. The molecule has 0 aliphatic heterocycles. The Morgan fingerprint density at radius 3 is 2.32 bits per heavy atom. The van der Waals surface area contributed by atoms with Crippen molar-refractivity contribution in [1.29, 1.82) is 0 Å². The van der Waals surface area contributed by atoms with Crippen molar-refractivity contribution in [2.45, 2.75) is 59.6 Å². The molecule has 3 N–H and O–H groups in total. The molecule has 0 saturated carbocycles. The normalized spacial score (nSPS) is 14.6. The van der Waals surface area contributed by atoms with Crippen LogP contribution in [0.4, 0.5) is 4.79 Å². The van der Waals surface area contributed by atoms with Crippen LogP contribution < -0.4 is 16.0 Å². The van der Waals surface area contributed by atoms with Crippen molar-refractivity contribution < 1.29 is 19.1 Å². The van der Waals surface area contributed by atoms with Crippen LogP contribution >= 0.6 is 11.6 Å². The van der Waals surface area contributed by atoms with E-state index in [4.69, 9.17) is 16.3 Å². The fourth-order valence-electron chi connectivity index (χ4n) is 2.16. The second-order valence-corrected chi connectivity index (χ2v) is 7.85. The molecule has 0 bridgehead atoms. The van der Waals surface area contributed by atoms with Gasteiger partial charge in [-0.1, -0.05) is 50.6 Å². The van der Waals surface area contributed by atoms with Gasteiger partial charge in [0.1, 0.15) is 12.1 Å². The number of ether oxygens (including phenoxy) is 1. The Labute approximate surface area is 172 Å². The van der Waals surface area contributed by atoms with Gasteiger partial charge in [-0.2, -0.15) is 0 Å². The largest absolute Gasteiger partial charge is 0.446 e. The Kier molecular flexibility index (Phi) is 11.9. The average Bonchev–Trinajstić information content (AvgIpc) is 2.59. The fourth-order valence-corrected chi connectivity index (χ4v) is 2.25. The number of rotatable bonds is 9. The maximum absolute atomic E-state index is 12.5. The van der Waals surface area contributed by atoms with Gasteiger partial charge in [-0.05, 0) is 31.5 Å². The van der Waals surface area contributed by atoms with E-state index in [2.05, 4.69) is 16.0 Å². The van der Waals surface area contributed by atoms with Crippen molar-refractivity contribution in [1.82, 2.24) is 16.0 Å². The molecule has 0 rings (SSSR count). The van der Waals surface area contributed by atoms with E-state index in [0.29, 0.717) is 17.9 Å². The van der Waals surface area contributed by atoms with Crippen molar-refractivity contribution in [2.24, 2.45) is 5.41 Å². The summed E-state index contributed by atoms with van der Waals surface area (Å²) >= 11 is 5.83. The van der Waals surface area contributed by atoms with Gasteiger partial charge in [-0.3, -0.25) is 9.59 Å². The number of halogens is 1. The molecule has 0 saturated heterocycles. The van der Waals surface area contributed by atoms with Crippen LogP contribution in [-0.4, -0.2) is 37.1 Å². The van der Waals surface area contributed by atoms with Gasteiger partial charge in [-0.25, -0.2) is 4.79 Å². The van der Waals surface area contributed by atoms with Gasteiger partial charge in [-0.15, -0.1) is 0 Å². The highest BCUT2D eigenvalue weighted by Crippen LogP contribution is 2.19. The highest BCUT2D eigenvalue weighted by Gasteiger charge is 2.31. The first kappa shape index (κ1) is 25.7. The van der Waals surface area contributed by atoms with Crippen LogP contribution in [0.1, 0.15) is 47.5 Å². The molecule has 0 aromatic carbocycles. The predicted molar refractivity (Wildman–Crippen MR) is 112 cm³/mol. The van der Waals surface area contributed by atoms with Gasteiger partial charge in [0, 0.05) is 24.9 Å². The maximum Gasteiger partial charge on any atom is 0.407 e. The Morgan fingerprint density at radius 2 is 1.82 bits per heavy atom. The van der Waals surface area contributed by atoms with Crippen molar-refractivity contribution in [3.63, 3.8) is 0 Å². The lowest BCUT2D eigenvalue weighted by Gasteiger charge is -2.29. The summed E-state index contributed by atoms with van der Waals surface area (Å²) < 4.78 is 5.26. The lowest BCUT2D eigenvalue weighted by atomic mass is 9.86. The first-order chi connectivity index (χ1) is 13.0. The summed E-state index contributed by atoms with van der Waals surface area (Å²) in [5.74, 6) is -0.661. The zero-order valence-corrected chi connectivity index (χ0v) is 18.2. The van der Waals surface area contributed by atoms with Crippen LogP contribution in [0.3, 0.4) is 0 Å². The Morgan fingerprint density at radius 1 is 1.18 bits per heavy atom. The number of hydrogen-bond acceptors (Lipinski definition) is 4. The van der Waals surface area contributed by atoms with Crippen LogP contribution in [-0.2, 0) is 14.3 Å². The summed E-state index contributed by atoms with van der Waals surface area (Å²) in [6.07, 6.45) is 7.79. The third kappa shape index (κ3) is 11.4. The molecular formula is C20H32ClN3O4. The minimum atomic E-state index is -0.708. The molecule has 0 radical (unpaired) electrons. The number of alkyl carbamates (subject to hydrolysis) is 1. The van der Waals surface area contributed by atoms with E-state index in [-0.39, 0.29) is 11.8 Å². The molecule has 8 heteroatoms. The molecule has 3 amide bonds. The summed E-state index contributed by atoms with van der Waals surface area (Å²) in [6, 6.07) is -0.708. The van der Waals surface area contributed by atoms with E-state index in [1.165, 1.54) is 19.3 Å². The quantitative estimate of drug-likeness (QED) is 0.505. The number of allylic oxidation sites excluding steroid dienone is 2. The molecule has 0 aromatic rings. The zero-order chi connectivity index (χ0) is 21.7. The van der Waals surface area contributed by atoms with Crippen LogP contribution in [0, 0.1) is 5.41 Å². The molecule has 0 aliphatic rings. The van der Waals surface area contributed by atoms with Gasteiger partial charge in [0.15, 0.2) is 0 Å². The second kappa shape index (κ2) is 13.0. The topological polar surface area (TPSA) is 96.5 Å². The molecule has 2 atom stereocenters. The standard InChI is InChI=1S/C20H32ClN3O4/c1-7-9-16(25)24-17(20(3,4)5)18(26)23-13-8-10-15(12-11-14(2)21)28-19(27)22-6/h7-9,11,13,15,17H,10,12H2,1-6H3,(H,22,27)(H,23,26)(H,24,25). The van der Waals surface area contributed by atoms with Gasteiger partial charge < -0.3 is 20.7 Å². The number of nitrogens with one attached hydrogen (secondary N) is 3. The molecule has 0 fully saturated rings. The van der Waals surface area contributed by atoms with Crippen LogP contribution in [0.2, 0.25) is 0 Å². The van der Waals surface area contributed by atoms with Gasteiger partial charge in [0.25, 0.3) is 0 Å². The zero-order valence-electron chi connectivity index (χ0n) is 17.5. The molecule has 0 aliphatic carbocycles. The van der Waals surface area contributed by atoms with Gasteiger partial charge in [0.2, 0.25) is 11.8 Å². The molecule has 158 valence electrons. The lowest BCUT2D eigenvalue weighted by Crippen LogP contribution is -2.52. The van der Waals surface area contributed by atoms with Crippen LogP contribution in [0.5, 0.6) is 0 Å². The Hall–Kier alpha value is -2.28. The van der Waals surface area contributed by atoms with Crippen molar-refractivity contribution in [2.75, 3.05) is 7.05 Å². The third-order valence-corrected chi connectivity index (χ3v) is 3.77. The fraction of sp³-hybridized carbons (Fsp3) is 0.550. The number of carbonyl (C=O) groups is 3. The molecule has 0 heterocycles. The summed E-state index contributed by atoms with van der Waals surface area (Å²) in [5, 5.41) is 8.37. The van der Waals surface area contributed by atoms with Crippen molar-refractivity contribution >= 4 is 29.5 Å². The Bertz CT molecular complexity index is 617. The molecule has 0 aromatic heterocycles. The van der Waals surface area contributed by atoms with Gasteiger partial charge >= 0.3 is 6.09 Å². The summed E-state index contributed by atoms with van der Waals surface area (Å²) in [4.78, 5) is 35.7. The summed E-state index contributed by atoms with van der Waals surface area (Å²) in [5.41, 5.74) is -0.470. The van der Waals surface area contributed by atoms with E-state index < -0.39 is 23.7 Å². The van der Waals surface area contributed by atoms with Crippen LogP contribution in [0.25, 0.3) is 0 Å². The molecular weight excluding hydrogens is 382 g/mol. The SMILES string of the molecule is CC=CC(=O)NC(C(=O)NC=CCC(CC=C(C)Cl)OC(=O)NC)C(C)(C)C. The molecule has 0 spiro atoms. The number of hydrogen-bond donors (Lipinski definition) is 3. The summed E-state index contributed by atoms with van der Waals surface area (Å²) in [6.45, 7) is 9.07. The molecule has 2 unspecified atom stereocenters. The van der Waals surface area contributed by atoms with E-state index in [1.54, 1.807) is 32.1 Å². The minimum absolute atomic E-state index is 0.330. The van der Waals surface area contributed by atoms with E-state index in [9.17, 15) is 14.4 Å². The molecule has 7 nitrogen and oxygen atoms in total. The average molecular weight is 414 g/mol. The highest BCUT2D eigenvalue weighted by molar-refractivity contribution is 6.29. The minimum Gasteiger partial charge on any atom is -0.446 e. The van der Waals surface area contributed by atoms with Crippen molar-refractivity contribution in [3.05, 3.63) is 35.5 Å². The maximum atomic E-state index is 12.5. The van der Waals surface area contributed by atoms with E-state index >= 15 is 0 Å². The van der Waals surface area contributed by atoms with Crippen LogP contribution in [0.15, 0.2) is 35.5 Å². The third-order valence-electron chi connectivity index (χ3n) is 3.62. The monoisotopic (exact) mass is 413 g/mol.